The summed E-state index contributed by atoms with van der Waals surface area (Å²) in [6, 6.07) is 0. The van der Waals surface area contributed by atoms with Crippen LogP contribution in [0.3, 0.4) is 0 Å². The summed E-state index contributed by atoms with van der Waals surface area (Å²) < 4.78 is 17.3. The van der Waals surface area contributed by atoms with E-state index in [1.54, 1.807) is 19.9 Å². The zero-order valence-electron chi connectivity index (χ0n) is 18.0. The van der Waals surface area contributed by atoms with Crippen LogP contribution in [0.25, 0.3) is 0 Å². The third kappa shape index (κ3) is 4.84. The smallest absolute Gasteiger partial charge is 0.334 e. The highest BCUT2D eigenvalue weighted by atomic mass is 16.6. The molecule has 0 amide bonds. The molecular formula is C22H34O6. The summed E-state index contributed by atoms with van der Waals surface area (Å²) >= 11 is 0. The summed E-state index contributed by atoms with van der Waals surface area (Å²) in [4.78, 5) is 24.2. The average molecular weight is 395 g/mol. The standard InChI is InChI=1S/C22H34O6/c1-8-13(4)21(25)27-18-14(5)10-9-11-22(7)20(28-22)19(26-15(6)23)16(12(2)3)17(18)24/h8,10,12,16-20,24H,9,11H2,1-7H3/b13-8+,14-10+/t16-,17-,18+,19-,20+,22+/m0/s1. The number of rotatable bonds is 4. The van der Waals surface area contributed by atoms with Gasteiger partial charge in [0.25, 0.3) is 0 Å². The number of hydrogen-bond acceptors (Lipinski definition) is 6. The van der Waals surface area contributed by atoms with Gasteiger partial charge in [0.15, 0.2) is 0 Å². The van der Waals surface area contributed by atoms with Gasteiger partial charge in [0.2, 0.25) is 0 Å². The van der Waals surface area contributed by atoms with Gasteiger partial charge in [0.05, 0.1) is 5.60 Å². The van der Waals surface area contributed by atoms with Crippen LogP contribution >= 0.6 is 0 Å². The Morgan fingerprint density at radius 1 is 1.32 bits per heavy atom. The number of carbonyl (C=O) groups is 2. The van der Waals surface area contributed by atoms with Crippen molar-refractivity contribution in [3.63, 3.8) is 0 Å². The molecule has 6 heteroatoms. The molecule has 0 unspecified atom stereocenters. The van der Waals surface area contributed by atoms with Gasteiger partial charge < -0.3 is 19.3 Å². The Morgan fingerprint density at radius 2 is 1.96 bits per heavy atom. The molecule has 1 saturated heterocycles. The first-order valence-electron chi connectivity index (χ1n) is 10.1. The Hall–Kier alpha value is -1.66. The van der Waals surface area contributed by atoms with E-state index in [-0.39, 0.29) is 17.6 Å². The van der Waals surface area contributed by atoms with E-state index < -0.39 is 36.2 Å². The van der Waals surface area contributed by atoms with Gasteiger partial charge in [-0.05, 0) is 52.0 Å². The number of hydrogen-bond donors (Lipinski definition) is 1. The number of ether oxygens (including phenoxy) is 3. The largest absolute Gasteiger partial charge is 0.459 e. The molecule has 1 heterocycles. The van der Waals surface area contributed by atoms with Crippen LogP contribution in [0.1, 0.15) is 61.3 Å². The van der Waals surface area contributed by atoms with E-state index in [1.165, 1.54) is 6.92 Å². The van der Waals surface area contributed by atoms with E-state index in [1.807, 2.05) is 33.8 Å². The van der Waals surface area contributed by atoms with Crippen molar-refractivity contribution in [2.45, 2.75) is 91.3 Å². The van der Waals surface area contributed by atoms with Crippen LogP contribution < -0.4 is 0 Å². The molecule has 0 radical (unpaired) electrons. The number of aliphatic hydroxyl groups excluding tert-OH is 1. The number of carbonyl (C=O) groups excluding carboxylic acids is 2. The van der Waals surface area contributed by atoms with Crippen molar-refractivity contribution in [3.8, 4) is 0 Å². The molecule has 6 atom stereocenters. The maximum Gasteiger partial charge on any atom is 0.334 e. The minimum Gasteiger partial charge on any atom is -0.459 e. The van der Waals surface area contributed by atoms with Crippen molar-refractivity contribution in [3.05, 3.63) is 23.3 Å². The van der Waals surface area contributed by atoms with E-state index in [9.17, 15) is 14.7 Å². The van der Waals surface area contributed by atoms with Crippen LogP contribution in [0, 0.1) is 11.8 Å². The molecular weight excluding hydrogens is 360 g/mol. The van der Waals surface area contributed by atoms with E-state index in [0.717, 1.165) is 18.4 Å². The maximum atomic E-state index is 12.4. The van der Waals surface area contributed by atoms with Crippen LogP contribution in [0.15, 0.2) is 23.3 Å². The van der Waals surface area contributed by atoms with Gasteiger partial charge in [-0.2, -0.15) is 0 Å². The molecule has 158 valence electrons. The molecule has 0 aromatic carbocycles. The fourth-order valence-corrected chi connectivity index (χ4v) is 4.04. The maximum absolute atomic E-state index is 12.4. The van der Waals surface area contributed by atoms with Crippen LogP contribution in [0.4, 0.5) is 0 Å². The summed E-state index contributed by atoms with van der Waals surface area (Å²) in [7, 11) is 0. The second-order valence-corrected chi connectivity index (χ2v) is 8.52. The summed E-state index contributed by atoms with van der Waals surface area (Å²) in [5.74, 6) is -1.34. The fourth-order valence-electron chi connectivity index (χ4n) is 4.04. The Balaban J connectivity index is 2.44. The number of fused-ring (bicyclic) bond motifs is 1. The van der Waals surface area contributed by atoms with Crippen molar-refractivity contribution in [1.29, 1.82) is 0 Å². The zero-order chi connectivity index (χ0) is 21.2. The lowest BCUT2D eigenvalue weighted by molar-refractivity contribution is -0.164. The number of aliphatic hydroxyl groups is 1. The van der Waals surface area contributed by atoms with E-state index in [2.05, 4.69) is 0 Å². The molecule has 1 aliphatic carbocycles. The monoisotopic (exact) mass is 394 g/mol. The molecule has 0 aromatic rings. The van der Waals surface area contributed by atoms with E-state index in [0.29, 0.717) is 5.57 Å². The van der Waals surface area contributed by atoms with Crippen LogP contribution in [0.5, 0.6) is 0 Å². The number of esters is 2. The van der Waals surface area contributed by atoms with Gasteiger partial charge in [0.1, 0.15) is 24.4 Å². The second kappa shape index (κ2) is 8.78. The Kier molecular flexibility index (Phi) is 7.10. The first kappa shape index (κ1) is 22.6. The predicted octanol–water partition coefficient (Wildman–Crippen LogP) is 3.33. The fraction of sp³-hybridized carbons (Fsp3) is 0.727. The highest BCUT2D eigenvalue weighted by Crippen LogP contribution is 2.48. The summed E-state index contributed by atoms with van der Waals surface area (Å²) in [5.41, 5.74) is 0.891. The van der Waals surface area contributed by atoms with Crippen LogP contribution in [-0.4, -0.2) is 47.1 Å². The Morgan fingerprint density at radius 3 is 2.50 bits per heavy atom. The van der Waals surface area contributed by atoms with Crippen LogP contribution in [-0.2, 0) is 23.8 Å². The quantitative estimate of drug-likeness (QED) is 0.341. The van der Waals surface area contributed by atoms with E-state index >= 15 is 0 Å². The predicted molar refractivity (Wildman–Crippen MR) is 105 cm³/mol. The van der Waals surface area contributed by atoms with Crippen molar-refractivity contribution in [2.75, 3.05) is 0 Å². The first-order valence-corrected chi connectivity index (χ1v) is 10.1. The van der Waals surface area contributed by atoms with Gasteiger partial charge in [-0.1, -0.05) is 26.0 Å². The lowest BCUT2D eigenvalue weighted by Crippen LogP contribution is -2.49. The molecule has 1 aliphatic heterocycles. The van der Waals surface area contributed by atoms with Gasteiger partial charge in [-0.25, -0.2) is 4.79 Å². The van der Waals surface area contributed by atoms with Crippen molar-refractivity contribution >= 4 is 11.9 Å². The lowest BCUT2D eigenvalue weighted by atomic mass is 9.77. The van der Waals surface area contributed by atoms with Crippen molar-refractivity contribution in [2.24, 2.45) is 11.8 Å². The summed E-state index contributed by atoms with van der Waals surface area (Å²) in [6.45, 7) is 12.6. The normalized spacial score (nSPS) is 38.1. The third-order valence-electron chi connectivity index (χ3n) is 5.94. The van der Waals surface area contributed by atoms with Gasteiger partial charge in [-0.15, -0.1) is 0 Å². The summed E-state index contributed by atoms with van der Waals surface area (Å²) in [6.07, 6.45) is 2.45. The minimum atomic E-state index is -1.03. The van der Waals surface area contributed by atoms with Gasteiger partial charge in [0, 0.05) is 18.4 Å². The zero-order valence-corrected chi connectivity index (χ0v) is 18.0. The molecule has 0 bridgehead atoms. The molecule has 1 N–H and O–H groups in total. The van der Waals surface area contributed by atoms with Crippen LogP contribution in [0.2, 0.25) is 0 Å². The number of allylic oxidation sites excluding steroid dienone is 2. The van der Waals surface area contributed by atoms with Crippen molar-refractivity contribution < 1.29 is 28.9 Å². The molecule has 6 nitrogen and oxygen atoms in total. The summed E-state index contributed by atoms with van der Waals surface area (Å²) in [5, 5.41) is 11.3. The first-order chi connectivity index (χ1) is 13.0. The van der Waals surface area contributed by atoms with Gasteiger partial charge >= 0.3 is 11.9 Å². The average Bonchev–Trinajstić information content (AvgIpc) is 3.27. The molecule has 0 spiro atoms. The topological polar surface area (TPSA) is 85.4 Å². The lowest BCUT2D eigenvalue weighted by Gasteiger charge is -2.37. The molecule has 28 heavy (non-hydrogen) atoms. The SMILES string of the molecule is C/C=C(\C)C(=O)O[C@@H]1/C(C)=C/CC[C@@]2(C)O[C@@H]2[C@@H](OC(C)=O)[C@@H](C(C)C)[C@@H]1O. The molecule has 0 saturated carbocycles. The second-order valence-electron chi connectivity index (χ2n) is 8.52. The third-order valence-corrected chi connectivity index (χ3v) is 5.94. The van der Waals surface area contributed by atoms with Crippen molar-refractivity contribution in [1.82, 2.24) is 0 Å². The Labute approximate surface area is 167 Å². The molecule has 2 rings (SSSR count). The molecule has 0 aromatic heterocycles. The van der Waals surface area contributed by atoms with E-state index in [4.69, 9.17) is 14.2 Å². The molecule has 2 aliphatic rings. The van der Waals surface area contributed by atoms with Gasteiger partial charge in [-0.3, -0.25) is 4.79 Å². The highest BCUT2D eigenvalue weighted by molar-refractivity contribution is 5.87. The number of epoxide rings is 1. The molecule has 1 fully saturated rings. The highest BCUT2D eigenvalue weighted by Gasteiger charge is 2.60. The minimum absolute atomic E-state index is 0.0240. The Bertz CT molecular complexity index is 664.